The number of aromatic nitrogens is 2. The first-order valence-electron chi connectivity index (χ1n) is 5.26. The molecule has 0 aliphatic rings. The Bertz CT molecular complexity index is 679. The fraction of sp³-hybridized carbons (Fsp3) is 0.0833. The van der Waals surface area contributed by atoms with Crippen LogP contribution in [-0.2, 0) is 0 Å². The number of nitro groups is 1. The first-order chi connectivity index (χ1) is 9.10. The monoisotopic (exact) mass is 256 g/mol. The minimum atomic E-state index is -0.466. The third-order valence-electron chi connectivity index (χ3n) is 2.32. The Morgan fingerprint density at radius 1 is 1.42 bits per heavy atom. The van der Waals surface area contributed by atoms with Gasteiger partial charge in [0, 0.05) is 17.8 Å². The molecule has 0 fully saturated rings. The fourth-order valence-corrected chi connectivity index (χ4v) is 1.45. The van der Waals surface area contributed by atoms with Crippen LogP contribution in [0.1, 0.15) is 11.3 Å². The maximum Gasteiger partial charge on any atom is 0.323 e. The van der Waals surface area contributed by atoms with Gasteiger partial charge >= 0.3 is 6.01 Å². The van der Waals surface area contributed by atoms with Crippen LogP contribution in [0.2, 0.25) is 0 Å². The van der Waals surface area contributed by atoms with Crippen LogP contribution in [0.5, 0.6) is 11.8 Å². The van der Waals surface area contributed by atoms with E-state index in [0.29, 0.717) is 11.3 Å². The van der Waals surface area contributed by atoms with Crippen molar-refractivity contribution in [2.24, 2.45) is 0 Å². The smallest absolute Gasteiger partial charge is 0.323 e. The van der Waals surface area contributed by atoms with Crippen molar-refractivity contribution in [3.63, 3.8) is 0 Å². The normalized spacial score (nSPS) is 9.68. The van der Waals surface area contributed by atoms with Crippen LogP contribution in [0, 0.1) is 28.4 Å². The molecule has 0 N–H and O–H groups in total. The lowest BCUT2D eigenvalue weighted by molar-refractivity contribution is -0.385. The quantitative estimate of drug-likeness (QED) is 0.617. The molecule has 2 rings (SSSR count). The fourth-order valence-electron chi connectivity index (χ4n) is 1.45. The molecule has 0 unspecified atom stereocenters. The molecule has 2 aromatic rings. The molecule has 1 aromatic heterocycles. The van der Waals surface area contributed by atoms with E-state index in [1.54, 1.807) is 6.92 Å². The Morgan fingerprint density at radius 3 is 2.84 bits per heavy atom. The van der Waals surface area contributed by atoms with Gasteiger partial charge in [0.25, 0.3) is 5.69 Å². The summed E-state index contributed by atoms with van der Waals surface area (Å²) in [6, 6.07) is 7.65. The summed E-state index contributed by atoms with van der Waals surface area (Å²) in [7, 11) is 0. The number of nitro benzene ring substituents is 1. The van der Waals surface area contributed by atoms with Gasteiger partial charge in [0.15, 0.2) is 0 Å². The van der Waals surface area contributed by atoms with Gasteiger partial charge in [-0.05, 0) is 25.1 Å². The second-order valence-corrected chi connectivity index (χ2v) is 3.64. The molecule has 7 heteroatoms. The van der Waals surface area contributed by atoms with Gasteiger partial charge in [-0.2, -0.15) is 10.2 Å². The topological polar surface area (TPSA) is 102 Å². The van der Waals surface area contributed by atoms with E-state index in [9.17, 15) is 10.1 Å². The number of nitriles is 1. The number of ether oxygens (including phenoxy) is 1. The van der Waals surface area contributed by atoms with E-state index in [0.717, 1.165) is 0 Å². The van der Waals surface area contributed by atoms with E-state index < -0.39 is 4.92 Å². The zero-order valence-corrected chi connectivity index (χ0v) is 9.90. The maximum atomic E-state index is 10.7. The summed E-state index contributed by atoms with van der Waals surface area (Å²) in [4.78, 5) is 17.9. The lowest BCUT2D eigenvalue weighted by atomic mass is 10.2. The van der Waals surface area contributed by atoms with Gasteiger partial charge in [0.2, 0.25) is 0 Å². The third-order valence-corrected chi connectivity index (χ3v) is 2.32. The molecule has 0 atom stereocenters. The van der Waals surface area contributed by atoms with Gasteiger partial charge in [-0.15, -0.1) is 0 Å². The highest BCUT2D eigenvalue weighted by molar-refractivity contribution is 5.44. The Hall–Kier alpha value is -3.01. The van der Waals surface area contributed by atoms with Crippen LogP contribution in [0.3, 0.4) is 0 Å². The molecule has 0 saturated heterocycles. The molecule has 94 valence electrons. The second kappa shape index (κ2) is 5.10. The summed E-state index contributed by atoms with van der Waals surface area (Å²) in [5.41, 5.74) is 0.668. The van der Waals surface area contributed by atoms with Gasteiger partial charge in [-0.25, -0.2) is 4.98 Å². The molecule has 1 heterocycles. The molecule has 0 radical (unpaired) electrons. The summed E-state index contributed by atoms with van der Waals surface area (Å²) >= 11 is 0. The van der Waals surface area contributed by atoms with E-state index in [4.69, 9.17) is 10.00 Å². The summed E-state index contributed by atoms with van der Waals surface area (Å²) in [5.74, 6) is 0.373. The highest BCUT2D eigenvalue weighted by Gasteiger charge is 2.11. The van der Waals surface area contributed by atoms with Crippen LogP contribution >= 0.6 is 0 Å². The van der Waals surface area contributed by atoms with E-state index in [-0.39, 0.29) is 17.4 Å². The van der Waals surface area contributed by atoms with Gasteiger partial charge in [0.1, 0.15) is 17.5 Å². The maximum absolute atomic E-state index is 10.7. The SMILES string of the molecule is Cc1cc(Oc2nccc(C#N)n2)ccc1[N+](=O)[O-]. The standard InChI is InChI=1S/C12H8N4O3/c1-8-6-10(2-3-11(8)16(17)18)19-12-14-5-4-9(7-13)15-12/h2-6H,1H3. The van der Waals surface area contributed by atoms with Crippen molar-refractivity contribution in [1.82, 2.24) is 9.97 Å². The highest BCUT2D eigenvalue weighted by atomic mass is 16.6. The number of nitrogens with zero attached hydrogens (tertiary/aromatic N) is 4. The Kier molecular flexibility index (Phi) is 3.34. The number of benzene rings is 1. The second-order valence-electron chi connectivity index (χ2n) is 3.64. The van der Waals surface area contributed by atoms with Gasteiger partial charge < -0.3 is 4.74 Å². The van der Waals surface area contributed by atoms with Crippen LogP contribution in [0.25, 0.3) is 0 Å². The van der Waals surface area contributed by atoms with Crippen LogP contribution in [-0.4, -0.2) is 14.9 Å². The van der Waals surface area contributed by atoms with E-state index in [2.05, 4.69) is 9.97 Å². The largest absolute Gasteiger partial charge is 0.424 e. The molecule has 7 nitrogen and oxygen atoms in total. The zero-order valence-electron chi connectivity index (χ0n) is 9.90. The summed E-state index contributed by atoms with van der Waals surface area (Å²) in [5, 5.41) is 19.4. The van der Waals surface area contributed by atoms with Crippen LogP contribution in [0.4, 0.5) is 5.69 Å². The van der Waals surface area contributed by atoms with Crippen LogP contribution < -0.4 is 4.74 Å². The Labute approximate surface area is 108 Å². The molecular formula is C12H8N4O3. The van der Waals surface area contributed by atoms with Crippen LogP contribution in [0.15, 0.2) is 30.5 Å². The van der Waals surface area contributed by atoms with Crippen molar-refractivity contribution in [2.75, 3.05) is 0 Å². The summed E-state index contributed by atoms with van der Waals surface area (Å²) < 4.78 is 5.34. The van der Waals surface area contributed by atoms with E-state index in [1.807, 2.05) is 6.07 Å². The van der Waals surface area contributed by atoms with E-state index in [1.165, 1.54) is 30.5 Å². The number of rotatable bonds is 3. The summed E-state index contributed by atoms with van der Waals surface area (Å²) in [6.45, 7) is 1.61. The minimum Gasteiger partial charge on any atom is -0.424 e. The first-order valence-corrected chi connectivity index (χ1v) is 5.26. The number of aryl methyl sites for hydroxylation is 1. The molecule has 0 saturated carbocycles. The van der Waals surface area contributed by atoms with Gasteiger partial charge in [-0.1, -0.05) is 0 Å². The molecule has 0 bridgehead atoms. The predicted molar refractivity (Wildman–Crippen MR) is 64.7 cm³/mol. The molecule has 0 aliphatic heterocycles. The molecule has 19 heavy (non-hydrogen) atoms. The molecule has 0 aliphatic carbocycles. The van der Waals surface area contributed by atoms with Crippen molar-refractivity contribution in [2.45, 2.75) is 6.92 Å². The lowest BCUT2D eigenvalue weighted by Gasteiger charge is -2.04. The Balaban J connectivity index is 2.26. The van der Waals surface area contributed by atoms with Crippen molar-refractivity contribution in [1.29, 1.82) is 5.26 Å². The van der Waals surface area contributed by atoms with Crippen molar-refractivity contribution < 1.29 is 9.66 Å². The Morgan fingerprint density at radius 2 is 2.21 bits per heavy atom. The highest BCUT2D eigenvalue weighted by Crippen LogP contribution is 2.25. The van der Waals surface area contributed by atoms with Gasteiger partial charge in [-0.3, -0.25) is 10.1 Å². The number of hydrogen-bond acceptors (Lipinski definition) is 6. The first kappa shape index (κ1) is 12.4. The minimum absolute atomic E-state index is 0.0130. The molecule has 1 aromatic carbocycles. The predicted octanol–water partition coefficient (Wildman–Crippen LogP) is 2.36. The van der Waals surface area contributed by atoms with Crippen molar-refractivity contribution in [3.05, 3.63) is 51.8 Å². The zero-order chi connectivity index (χ0) is 13.8. The lowest BCUT2D eigenvalue weighted by Crippen LogP contribution is -1.95. The van der Waals surface area contributed by atoms with Crippen molar-refractivity contribution in [3.8, 4) is 17.8 Å². The average Bonchev–Trinajstić information content (AvgIpc) is 2.38. The van der Waals surface area contributed by atoms with E-state index >= 15 is 0 Å². The average molecular weight is 256 g/mol. The summed E-state index contributed by atoms with van der Waals surface area (Å²) in [6.07, 6.45) is 1.40. The molecule has 0 amide bonds. The molecular weight excluding hydrogens is 248 g/mol. The third kappa shape index (κ3) is 2.81. The molecule has 0 spiro atoms. The van der Waals surface area contributed by atoms with Crippen molar-refractivity contribution >= 4 is 5.69 Å². The van der Waals surface area contributed by atoms with Gasteiger partial charge in [0.05, 0.1) is 4.92 Å². The number of hydrogen-bond donors (Lipinski definition) is 0.